The predicted octanol–water partition coefficient (Wildman–Crippen LogP) is 3.12. The molecule has 0 unspecified atom stereocenters. The van der Waals surface area contributed by atoms with Crippen LogP contribution < -0.4 is 16.0 Å². The third kappa shape index (κ3) is 15.8. The molecular weight excluding hydrogens is 558 g/mol. The van der Waals surface area contributed by atoms with Crippen LogP contribution >= 0.6 is 0 Å². The van der Waals surface area contributed by atoms with E-state index in [2.05, 4.69) is 25.4 Å². The molecule has 3 atom stereocenters. The summed E-state index contributed by atoms with van der Waals surface area (Å²) in [6.07, 6.45) is -1.13. The molecule has 0 radical (unpaired) electrons. The zero-order chi connectivity index (χ0) is 31.2. The van der Waals surface area contributed by atoms with E-state index in [-0.39, 0.29) is 18.9 Å². The second kappa shape index (κ2) is 17.4. The fraction of sp³-hybridized carbons (Fsp3) is 0.615. The molecule has 232 valence electrons. The lowest BCUT2D eigenvalue weighted by Gasteiger charge is -2.26. The fourth-order valence-corrected chi connectivity index (χ4v) is 3.22. The van der Waals surface area contributed by atoms with E-state index in [1.165, 1.54) is 0 Å². The second-order valence-corrected chi connectivity index (χ2v) is 10.2. The van der Waals surface area contributed by atoms with Crippen LogP contribution in [-0.2, 0) is 39.9 Å². The summed E-state index contributed by atoms with van der Waals surface area (Å²) < 4.78 is 69.4. The number of benzene rings is 1. The number of nitrogens with one attached hydrogen (secondary N) is 3. The normalized spacial score (nSPS) is 13.9. The van der Waals surface area contributed by atoms with Crippen LogP contribution in [0.3, 0.4) is 0 Å². The molecule has 1 aromatic carbocycles. The Labute approximate surface area is 235 Å². The highest BCUT2D eigenvalue weighted by Gasteiger charge is 2.32. The predicted molar refractivity (Wildman–Crippen MR) is 137 cm³/mol. The summed E-state index contributed by atoms with van der Waals surface area (Å²) in [6.45, 7) is -0.606. The van der Waals surface area contributed by atoms with E-state index in [0.717, 1.165) is 0 Å². The number of hydrogen-bond donors (Lipinski definition) is 3. The summed E-state index contributed by atoms with van der Waals surface area (Å²) in [6, 6.07) is 3.68. The van der Waals surface area contributed by atoms with Crippen LogP contribution in [0.5, 0.6) is 0 Å². The maximum Gasteiger partial charge on any atom is 0.408 e. The molecule has 1 aromatic rings. The van der Waals surface area contributed by atoms with E-state index < -0.39 is 74.0 Å². The number of hydrogen-bond acceptors (Lipinski definition) is 8. The van der Waals surface area contributed by atoms with Gasteiger partial charge in [-0.25, -0.2) is 9.59 Å². The SMILES string of the molecule is CC(C)C[C@H](NC(=O)[C@H](COC(F)F)NC(=O)OC(C)(C)C)C(=O)N[C@@H](COC(F)F)C(=O)OCc1ccccc1. The van der Waals surface area contributed by atoms with Gasteiger partial charge >= 0.3 is 25.3 Å². The quantitative estimate of drug-likeness (QED) is 0.196. The molecule has 1 rings (SSSR count). The Morgan fingerprint density at radius 3 is 1.80 bits per heavy atom. The smallest absolute Gasteiger partial charge is 0.408 e. The van der Waals surface area contributed by atoms with Crippen molar-refractivity contribution in [1.82, 2.24) is 16.0 Å². The summed E-state index contributed by atoms with van der Waals surface area (Å²) in [7, 11) is 0. The fourth-order valence-electron chi connectivity index (χ4n) is 3.22. The minimum Gasteiger partial charge on any atom is -0.459 e. The number of alkyl halides is 4. The average molecular weight is 596 g/mol. The van der Waals surface area contributed by atoms with Crippen molar-refractivity contribution in [3.8, 4) is 0 Å². The first-order valence-corrected chi connectivity index (χ1v) is 12.7. The molecule has 0 spiro atoms. The number of rotatable bonds is 16. The van der Waals surface area contributed by atoms with Gasteiger partial charge in [-0.05, 0) is 38.7 Å². The summed E-state index contributed by atoms with van der Waals surface area (Å²) >= 11 is 0. The molecule has 0 bridgehead atoms. The molecule has 0 aliphatic heterocycles. The Morgan fingerprint density at radius 1 is 0.780 bits per heavy atom. The molecule has 0 aliphatic rings. The standard InChI is InChI=1S/C26H37F4N3O8/c1-15(2)11-17(31-21(35)18(13-39-23(27)28)33-25(37)41-26(3,4)5)20(34)32-19(14-40-24(29)30)22(36)38-12-16-9-7-6-8-10-16/h6-10,15,17-19,23-24H,11-14H2,1-5H3,(H,31,35)(H,32,34)(H,33,37)/t17-,18-,19-/m0/s1. The lowest BCUT2D eigenvalue weighted by atomic mass is 10.0. The van der Waals surface area contributed by atoms with Gasteiger partial charge in [-0.15, -0.1) is 0 Å². The molecule has 41 heavy (non-hydrogen) atoms. The Kier molecular flexibility index (Phi) is 15.1. The third-order valence-corrected chi connectivity index (χ3v) is 4.95. The van der Waals surface area contributed by atoms with Crippen LogP contribution in [0.25, 0.3) is 0 Å². The number of esters is 1. The van der Waals surface area contributed by atoms with E-state index in [9.17, 15) is 36.7 Å². The summed E-state index contributed by atoms with van der Waals surface area (Å²) in [4.78, 5) is 50.8. The molecule has 3 N–H and O–H groups in total. The maximum absolute atomic E-state index is 13.1. The molecule has 0 saturated carbocycles. The average Bonchev–Trinajstić information content (AvgIpc) is 2.85. The Hall–Kier alpha value is -3.46. The molecule has 0 aliphatic carbocycles. The Morgan fingerprint density at radius 2 is 1.29 bits per heavy atom. The van der Waals surface area contributed by atoms with Crippen molar-refractivity contribution < 1.29 is 55.7 Å². The summed E-state index contributed by atoms with van der Waals surface area (Å²) in [5.74, 6) is -3.35. The zero-order valence-electron chi connectivity index (χ0n) is 23.5. The van der Waals surface area contributed by atoms with Gasteiger partial charge in [0.25, 0.3) is 0 Å². The largest absolute Gasteiger partial charge is 0.459 e. The minimum absolute atomic E-state index is 0.0199. The van der Waals surface area contributed by atoms with Gasteiger partial charge in [0.15, 0.2) is 6.04 Å². The third-order valence-electron chi connectivity index (χ3n) is 4.95. The van der Waals surface area contributed by atoms with Crippen molar-refractivity contribution in [2.75, 3.05) is 13.2 Å². The Bertz CT molecular complexity index is 977. The van der Waals surface area contributed by atoms with Crippen molar-refractivity contribution in [2.45, 2.75) is 84.6 Å². The highest BCUT2D eigenvalue weighted by atomic mass is 19.3. The highest BCUT2D eigenvalue weighted by Crippen LogP contribution is 2.10. The van der Waals surface area contributed by atoms with Crippen molar-refractivity contribution in [1.29, 1.82) is 0 Å². The lowest BCUT2D eigenvalue weighted by Crippen LogP contribution is -2.58. The van der Waals surface area contributed by atoms with Crippen molar-refractivity contribution in [2.24, 2.45) is 5.92 Å². The van der Waals surface area contributed by atoms with Gasteiger partial charge in [0.05, 0.1) is 13.2 Å². The number of ether oxygens (including phenoxy) is 4. The van der Waals surface area contributed by atoms with Gasteiger partial charge in [-0.3, -0.25) is 9.59 Å². The first-order chi connectivity index (χ1) is 19.1. The van der Waals surface area contributed by atoms with Crippen LogP contribution in [0.4, 0.5) is 22.4 Å². The topological polar surface area (TPSA) is 141 Å². The van der Waals surface area contributed by atoms with Crippen LogP contribution in [0.1, 0.15) is 46.6 Å². The van der Waals surface area contributed by atoms with Gasteiger partial charge < -0.3 is 34.9 Å². The van der Waals surface area contributed by atoms with Crippen molar-refractivity contribution in [3.05, 3.63) is 35.9 Å². The maximum atomic E-state index is 13.1. The van der Waals surface area contributed by atoms with E-state index in [0.29, 0.717) is 5.56 Å². The van der Waals surface area contributed by atoms with Crippen LogP contribution in [0.15, 0.2) is 30.3 Å². The first kappa shape index (κ1) is 35.6. The minimum atomic E-state index is -3.27. The molecule has 0 aromatic heterocycles. The van der Waals surface area contributed by atoms with Gasteiger partial charge in [0.1, 0.15) is 24.3 Å². The van der Waals surface area contributed by atoms with Crippen LogP contribution in [0.2, 0.25) is 0 Å². The van der Waals surface area contributed by atoms with E-state index in [1.54, 1.807) is 65.0 Å². The summed E-state index contributed by atoms with van der Waals surface area (Å²) in [5, 5.41) is 6.66. The number of carbonyl (C=O) groups is 4. The first-order valence-electron chi connectivity index (χ1n) is 12.7. The van der Waals surface area contributed by atoms with E-state index in [4.69, 9.17) is 9.47 Å². The second-order valence-electron chi connectivity index (χ2n) is 10.2. The summed E-state index contributed by atoms with van der Waals surface area (Å²) in [5.41, 5.74) is -0.376. The zero-order valence-corrected chi connectivity index (χ0v) is 23.5. The molecule has 11 nitrogen and oxygen atoms in total. The molecule has 15 heteroatoms. The van der Waals surface area contributed by atoms with Gasteiger partial charge in [0.2, 0.25) is 11.8 Å². The number of alkyl carbamates (subject to hydrolysis) is 1. The van der Waals surface area contributed by atoms with Gasteiger partial charge in [-0.2, -0.15) is 17.6 Å². The molecular formula is C26H37F4N3O8. The number of halogens is 4. The van der Waals surface area contributed by atoms with E-state index >= 15 is 0 Å². The lowest BCUT2D eigenvalue weighted by molar-refractivity contribution is -0.161. The Balaban J connectivity index is 3.04. The number of carbonyl (C=O) groups excluding carboxylic acids is 4. The number of amides is 3. The van der Waals surface area contributed by atoms with Gasteiger partial charge in [-0.1, -0.05) is 44.2 Å². The van der Waals surface area contributed by atoms with E-state index in [1.807, 2.05) is 0 Å². The van der Waals surface area contributed by atoms with Gasteiger partial charge in [0, 0.05) is 0 Å². The van der Waals surface area contributed by atoms with Crippen molar-refractivity contribution >= 4 is 23.9 Å². The van der Waals surface area contributed by atoms with Crippen molar-refractivity contribution in [3.63, 3.8) is 0 Å². The molecule has 3 amide bonds. The van der Waals surface area contributed by atoms with Crippen LogP contribution in [-0.4, -0.2) is 74.0 Å². The highest BCUT2D eigenvalue weighted by molar-refractivity contribution is 5.93. The molecule has 0 saturated heterocycles. The monoisotopic (exact) mass is 595 g/mol. The van der Waals surface area contributed by atoms with Crippen LogP contribution in [0, 0.1) is 5.92 Å². The molecule has 0 fully saturated rings. The molecule has 0 heterocycles.